The molecule has 1 atom stereocenters. The maximum absolute atomic E-state index is 12.7. The van der Waals surface area contributed by atoms with E-state index in [-0.39, 0.29) is 11.5 Å². The molecule has 128 valence electrons. The molecule has 0 bridgehead atoms. The Morgan fingerprint density at radius 1 is 0.846 bits per heavy atom. The third kappa shape index (κ3) is 1.81. The quantitative estimate of drug-likeness (QED) is 0.473. The minimum atomic E-state index is -1.19. The fourth-order valence-electron chi connectivity index (χ4n) is 3.77. The predicted octanol–water partition coefficient (Wildman–Crippen LogP) is 3.17. The molecule has 0 aliphatic carbocycles. The lowest BCUT2D eigenvalue weighted by Crippen LogP contribution is -2.32. The van der Waals surface area contributed by atoms with Crippen LogP contribution in [0.2, 0.25) is 0 Å². The van der Waals surface area contributed by atoms with Crippen molar-refractivity contribution in [3.63, 3.8) is 0 Å². The lowest BCUT2D eigenvalue weighted by Gasteiger charge is -2.36. The number of phenolic OH excluding ortho intramolecular Hbond substituents is 2. The van der Waals surface area contributed by atoms with Crippen molar-refractivity contribution in [2.75, 3.05) is 0 Å². The van der Waals surface area contributed by atoms with Crippen LogP contribution in [0.3, 0.4) is 0 Å². The van der Waals surface area contributed by atoms with E-state index < -0.39 is 11.6 Å². The molecule has 5 nitrogen and oxygen atoms in total. The monoisotopic (exact) mass is 364 g/mol. The number of fused-ring (bicyclic) bond motifs is 6. The summed E-state index contributed by atoms with van der Waals surface area (Å²) in [4.78, 5) is 12.7. The maximum Gasteiger partial charge on any atom is 0.340 e. The second-order valence-corrected chi connectivity index (χ2v) is 6.93. The van der Waals surface area contributed by atoms with Gasteiger partial charge in [-0.2, -0.15) is 0 Å². The van der Waals surface area contributed by atoms with Crippen LogP contribution in [0.15, 0.2) is 54.6 Å². The summed E-state index contributed by atoms with van der Waals surface area (Å²) in [6.45, 7) is 0. The zero-order valence-electron chi connectivity index (χ0n) is 13.4. The van der Waals surface area contributed by atoms with Gasteiger partial charge in [0.2, 0.25) is 0 Å². The Bertz CT molecular complexity index is 1050. The summed E-state index contributed by atoms with van der Waals surface area (Å²) < 4.78 is 11.9. The van der Waals surface area contributed by atoms with Crippen LogP contribution in [0, 0.1) is 0 Å². The molecule has 0 radical (unpaired) electrons. The molecule has 1 unspecified atom stereocenters. The number of phenols is 2. The summed E-state index contributed by atoms with van der Waals surface area (Å²) in [7, 11) is 2.56. The van der Waals surface area contributed by atoms with Gasteiger partial charge in [0.15, 0.2) is 5.60 Å². The fourth-order valence-corrected chi connectivity index (χ4v) is 4.16. The van der Waals surface area contributed by atoms with E-state index in [9.17, 15) is 15.0 Å². The van der Waals surface area contributed by atoms with E-state index in [4.69, 9.17) is 9.47 Å². The Kier molecular flexibility index (Phi) is 2.92. The summed E-state index contributed by atoms with van der Waals surface area (Å²) in [6, 6.07) is 14.9. The molecule has 2 aliphatic rings. The average molecular weight is 364 g/mol. The van der Waals surface area contributed by atoms with Crippen molar-refractivity contribution in [3.05, 3.63) is 76.9 Å². The first-order valence-corrected chi connectivity index (χ1v) is 8.55. The second-order valence-electron chi connectivity index (χ2n) is 6.30. The number of ether oxygens (including phenoxy) is 2. The van der Waals surface area contributed by atoms with Crippen LogP contribution in [0.4, 0.5) is 0 Å². The predicted molar refractivity (Wildman–Crippen MR) is 97.4 cm³/mol. The van der Waals surface area contributed by atoms with Crippen molar-refractivity contribution in [2.45, 2.75) is 5.60 Å². The van der Waals surface area contributed by atoms with Crippen LogP contribution in [0.25, 0.3) is 0 Å². The number of hydrogen-bond acceptors (Lipinski definition) is 5. The highest BCUT2D eigenvalue weighted by Crippen LogP contribution is 2.56. The van der Waals surface area contributed by atoms with Gasteiger partial charge in [-0.15, -0.1) is 9.24 Å². The Balaban J connectivity index is 1.92. The average Bonchev–Trinajstić information content (AvgIpc) is 2.89. The van der Waals surface area contributed by atoms with Crippen molar-refractivity contribution in [3.8, 4) is 23.0 Å². The van der Waals surface area contributed by atoms with Crippen molar-refractivity contribution in [1.82, 2.24) is 0 Å². The standard InChI is InChI=1S/C20H13O5P/c21-10-4-6-12-15(8-10)24-16-9-11(22)5-7-13(16)20(12)14-2-1-3-17(26)18(14)19(23)25-20/h1-9,21-22H,26H2. The number of esters is 1. The molecule has 5 rings (SSSR count). The minimum absolute atomic E-state index is 0.0341. The molecule has 2 aliphatic heterocycles. The molecule has 3 aromatic carbocycles. The Labute approximate surface area is 151 Å². The van der Waals surface area contributed by atoms with Crippen molar-refractivity contribution in [2.24, 2.45) is 0 Å². The number of benzene rings is 3. The summed E-state index contributed by atoms with van der Waals surface area (Å²) in [5, 5.41) is 20.5. The molecular weight excluding hydrogens is 351 g/mol. The molecule has 0 aromatic heterocycles. The van der Waals surface area contributed by atoms with Gasteiger partial charge in [-0.1, -0.05) is 18.2 Å². The first kappa shape index (κ1) is 15.2. The van der Waals surface area contributed by atoms with Crippen LogP contribution < -0.4 is 10.0 Å². The number of hydrogen-bond donors (Lipinski definition) is 2. The Morgan fingerprint density at radius 3 is 2.08 bits per heavy atom. The van der Waals surface area contributed by atoms with Crippen LogP contribution in [-0.2, 0) is 10.3 Å². The first-order chi connectivity index (χ1) is 12.5. The van der Waals surface area contributed by atoms with E-state index in [0.29, 0.717) is 33.8 Å². The molecule has 0 saturated heterocycles. The van der Waals surface area contributed by atoms with Gasteiger partial charge >= 0.3 is 5.97 Å². The molecular formula is C20H13O5P. The molecule has 0 saturated carbocycles. The number of aromatic hydroxyl groups is 2. The minimum Gasteiger partial charge on any atom is -0.508 e. The van der Waals surface area contributed by atoms with Gasteiger partial charge in [0, 0.05) is 28.8 Å². The summed E-state index contributed by atoms with van der Waals surface area (Å²) in [6.07, 6.45) is 0. The first-order valence-electron chi connectivity index (χ1n) is 7.98. The van der Waals surface area contributed by atoms with Crippen molar-refractivity contribution >= 4 is 20.5 Å². The fraction of sp³-hybridized carbons (Fsp3) is 0.0500. The van der Waals surface area contributed by atoms with Gasteiger partial charge in [0.1, 0.15) is 23.0 Å². The number of carbonyl (C=O) groups is 1. The number of rotatable bonds is 0. The van der Waals surface area contributed by atoms with Crippen molar-refractivity contribution < 1.29 is 24.5 Å². The SMILES string of the molecule is O=C1OC2(c3ccc(O)cc3Oc3cc(O)ccc32)c2cccc(P)c21. The van der Waals surface area contributed by atoms with Crippen LogP contribution in [0.1, 0.15) is 27.0 Å². The zero-order valence-corrected chi connectivity index (χ0v) is 14.5. The van der Waals surface area contributed by atoms with E-state index in [1.807, 2.05) is 18.2 Å². The molecule has 0 fully saturated rings. The third-order valence-corrected chi connectivity index (χ3v) is 5.32. The molecule has 6 heteroatoms. The molecule has 26 heavy (non-hydrogen) atoms. The highest BCUT2D eigenvalue weighted by Gasteiger charge is 2.54. The maximum atomic E-state index is 12.7. The van der Waals surface area contributed by atoms with E-state index >= 15 is 0 Å². The molecule has 1 spiro atoms. The largest absolute Gasteiger partial charge is 0.508 e. The van der Waals surface area contributed by atoms with Gasteiger partial charge in [0.05, 0.1) is 5.56 Å². The molecule has 0 amide bonds. The van der Waals surface area contributed by atoms with E-state index in [2.05, 4.69) is 9.24 Å². The van der Waals surface area contributed by atoms with E-state index in [1.165, 1.54) is 24.3 Å². The van der Waals surface area contributed by atoms with E-state index in [0.717, 1.165) is 5.30 Å². The van der Waals surface area contributed by atoms with Crippen LogP contribution >= 0.6 is 9.24 Å². The van der Waals surface area contributed by atoms with Crippen molar-refractivity contribution in [1.29, 1.82) is 0 Å². The lowest BCUT2D eigenvalue weighted by molar-refractivity contribution is 0.0225. The summed E-state index contributed by atoms with van der Waals surface area (Å²) in [5.74, 6) is 0.389. The molecule has 2 N–H and O–H groups in total. The third-order valence-electron chi connectivity index (χ3n) is 4.83. The molecule has 3 aromatic rings. The topological polar surface area (TPSA) is 76.0 Å². The number of carbonyl (C=O) groups excluding carboxylic acids is 1. The normalized spacial score (nSPS) is 15.7. The van der Waals surface area contributed by atoms with Gasteiger partial charge in [-0.25, -0.2) is 4.79 Å². The van der Waals surface area contributed by atoms with Gasteiger partial charge in [-0.05, 0) is 29.6 Å². The zero-order chi connectivity index (χ0) is 18.1. The molecule has 2 heterocycles. The summed E-state index contributed by atoms with van der Waals surface area (Å²) in [5.41, 5.74) is 1.26. The Hall–Kier alpha value is -3.04. The second kappa shape index (κ2) is 4.99. The summed E-state index contributed by atoms with van der Waals surface area (Å²) >= 11 is 0. The van der Waals surface area contributed by atoms with Gasteiger partial charge < -0.3 is 19.7 Å². The van der Waals surface area contributed by atoms with Gasteiger partial charge in [-0.3, -0.25) is 0 Å². The van der Waals surface area contributed by atoms with Crippen LogP contribution in [-0.4, -0.2) is 16.2 Å². The highest BCUT2D eigenvalue weighted by molar-refractivity contribution is 7.27. The van der Waals surface area contributed by atoms with Crippen LogP contribution in [0.5, 0.6) is 23.0 Å². The van der Waals surface area contributed by atoms with Gasteiger partial charge in [0.25, 0.3) is 0 Å². The lowest BCUT2D eigenvalue weighted by atomic mass is 9.77. The smallest absolute Gasteiger partial charge is 0.340 e. The highest BCUT2D eigenvalue weighted by atomic mass is 31.0. The Morgan fingerprint density at radius 2 is 1.46 bits per heavy atom. The van der Waals surface area contributed by atoms with E-state index in [1.54, 1.807) is 12.1 Å².